The average molecular weight is 313 g/mol. The summed E-state index contributed by atoms with van der Waals surface area (Å²) in [4.78, 5) is 22.5. The Bertz CT molecular complexity index is 506. The molecule has 116 valence electrons. The topological polar surface area (TPSA) is 72.2 Å². The van der Waals surface area contributed by atoms with E-state index < -0.39 is 4.92 Å². The second-order valence-electron chi connectivity index (χ2n) is 5.00. The first-order chi connectivity index (χ1) is 10.0. The summed E-state index contributed by atoms with van der Waals surface area (Å²) < 4.78 is 0. The zero-order valence-electron chi connectivity index (χ0n) is 12.4. The maximum absolute atomic E-state index is 12.3. The van der Waals surface area contributed by atoms with Crippen LogP contribution in [0.3, 0.4) is 0 Å². The summed E-state index contributed by atoms with van der Waals surface area (Å²) in [5.41, 5.74) is -0.0895. The zero-order valence-corrected chi connectivity index (χ0v) is 13.2. The molecule has 0 bridgehead atoms. The minimum atomic E-state index is -0.584. The summed E-state index contributed by atoms with van der Waals surface area (Å²) in [5, 5.41) is 13.7. The smallest absolute Gasteiger partial charge is 0.288 e. The van der Waals surface area contributed by atoms with E-state index in [0.717, 1.165) is 32.1 Å². The number of nitrogens with one attached hydrogen (secondary N) is 1. The van der Waals surface area contributed by atoms with Gasteiger partial charge in [0.05, 0.1) is 10.5 Å². The van der Waals surface area contributed by atoms with Crippen LogP contribution in [0.15, 0.2) is 18.2 Å². The summed E-state index contributed by atoms with van der Waals surface area (Å²) in [5.74, 6) is -0.349. The Kier molecular flexibility index (Phi) is 7.15. The Labute approximate surface area is 129 Å². The van der Waals surface area contributed by atoms with Crippen LogP contribution in [-0.2, 0) is 0 Å². The number of carbonyl (C=O) groups excluding carboxylic acids is 1. The van der Waals surface area contributed by atoms with Crippen LogP contribution in [0, 0.1) is 10.1 Å². The first-order valence-electron chi connectivity index (χ1n) is 7.25. The molecule has 6 heteroatoms. The molecule has 0 aliphatic rings. The monoisotopic (exact) mass is 312 g/mol. The fraction of sp³-hybridized carbons (Fsp3) is 0.533. The van der Waals surface area contributed by atoms with Crippen LogP contribution in [0.2, 0.25) is 5.02 Å². The van der Waals surface area contributed by atoms with Gasteiger partial charge in [-0.1, -0.05) is 50.8 Å². The summed E-state index contributed by atoms with van der Waals surface area (Å²) in [6, 6.07) is 4.35. The van der Waals surface area contributed by atoms with Crippen molar-refractivity contribution in [3.05, 3.63) is 38.9 Å². The number of nitro groups is 1. The maximum Gasteiger partial charge on any atom is 0.288 e. The van der Waals surface area contributed by atoms with Gasteiger partial charge >= 0.3 is 0 Å². The standard InChI is InChI=1S/C15H21ClN2O3/c1-3-5-8-11(7-4-2)17-15(19)12-9-6-10-13(14(12)16)18(20)21/h6,9-11H,3-5,7-8H2,1-2H3,(H,17,19). The van der Waals surface area contributed by atoms with E-state index in [0.29, 0.717) is 0 Å². The lowest BCUT2D eigenvalue weighted by molar-refractivity contribution is -0.384. The summed E-state index contributed by atoms with van der Waals surface area (Å²) in [6.07, 6.45) is 4.86. The molecule has 0 aromatic heterocycles. The molecule has 1 amide bonds. The molecule has 0 fully saturated rings. The van der Waals surface area contributed by atoms with Crippen LogP contribution in [0.25, 0.3) is 0 Å². The molecule has 0 aliphatic heterocycles. The molecule has 0 radical (unpaired) electrons. The van der Waals surface area contributed by atoms with Crippen molar-refractivity contribution in [3.8, 4) is 0 Å². The van der Waals surface area contributed by atoms with Crippen molar-refractivity contribution in [2.45, 2.75) is 52.0 Å². The highest BCUT2D eigenvalue weighted by atomic mass is 35.5. The SMILES string of the molecule is CCCCC(CCC)NC(=O)c1cccc([N+](=O)[O-])c1Cl. The number of halogens is 1. The molecule has 0 aliphatic carbocycles. The Hall–Kier alpha value is -1.62. The van der Waals surface area contributed by atoms with Gasteiger partial charge in [-0.25, -0.2) is 0 Å². The fourth-order valence-electron chi connectivity index (χ4n) is 2.19. The normalized spacial score (nSPS) is 12.0. The Morgan fingerprint density at radius 2 is 2.05 bits per heavy atom. The number of nitro benzene ring substituents is 1. The van der Waals surface area contributed by atoms with Crippen LogP contribution in [0.1, 0.15) is 56.3 Å². The van der Waals surface area contributed by atoms with Gasteiger partial charge in [0.2, 0.25) is 0 Å². The number of unbranched alkanes of at least 4 members (excludes halogenated alkanes) is 1. The van der Waals surface area contributed by atoms with Crippen molar-refractivity contribution in [1.82, 2.24) is 5.32 Å². The molecule has 0 spiro atoms. The third kappa shape index (κ3) is 5.01. The predicted octanol–water partition coefficient (Wildman–Crippen LogP) is 4.34. The van der Waals surface area contributed by atoms with E-state index in [1.54, 1.807) is 0 Å². The third-order valence-corrected chi connectivity index (χ3v) is 3.70. The van der Waals surface area contributed by atoms with Crippen molar-refractivity contribution in [3.63, 3.8) is 0 Å². The first-order valence-corrected chi connectivity index (χ1v) is 7.62. The van der Waals surface area contributed by atoms with Gasteiger partial charge in [-0.05, 0) is 18.9 Å². The summed E-state index contributed by atoms with van der Waals surface area (Å²) in [7, 11) is 0. The van der Waals surface area contributed by atoms with E-state index in [2.05, 4.69) is 19.2 Å². The van der Waals surface area contributed by atoms with E-state index in [9.17, 15) is 14.9 Å². The third-order valence-electron chi connectivity index (χ3n) is 3.30. The van der Waals surface area contributed by atoms with E-state index in [-0.39, 0.29) is 28.2 Å². The number of hydrogen-bond donors (Lipinski definition) is 1. The molecule has 1 atom stereocenters. The molecule has 1 aromatic carbocycles. The van der Waals surface area contributed by atoms with Crippen LogP contribution < -0.4 is 5.32 Å². The van der Waals surface area contributed by atoms with Crippen molar-refractivity contribution < 1.29 is 9.72 Å². The fourth-order valence-corrected chi connectivity index (χ4v) is 2.47. The molecule has 0 heterocycles. The molecule has 0 saturated carbocycles. The van der Waals surface area contributed by atoms with Gasteiger partial charge in [0.1, 0.15) is 5.02 Å². The minimum absolute atomic E-state index is 0.0813. The summed E-state index contributed by atoms with van der Waals surface area (Å²) in [6.45, 7) is 4.16. The predicted molar refractivity (Wildman–Crippen MR) is 83.8 cm³/mol. The van der Waals surface area contributed by atoms with E-state index >= 15 is 0 Å². The number of amides is 1. The van der Waals surface area contributed by atoms with Crippen LogP contribution in [-0.4, -0.2) is 16.9 Å². The highest BCUT2D eigenvalue weighted by molar-refractivity contribution is 6.35. The van der Waals surface area contributed by atoms with Crippen LogP contribution in [0.5, 0.6) is 0 Å². The van der Waals surface area contributed by atoms with E-state index in [4.69, 9.17) is 11.6 Å². The van der Waals surface area contributed by atoms with Gasteiger partial charge in [0.25, 0.3) is 11.6 Å². The maximum atomic E-state index is 12.3. The number of rotatable bonds is 8. The number of nitrogens with zero attached hydrogens (tertiary/aromatic N) is 1. The van der Waals surface area contributed by atoms with Crippen LogP contribution in [0.4, 0.5) is 5.69 Å². The number of benzene rings is 1. The highest BCUT2D eigenvalue weighted by Crippen LogP contribution is 2.27. The van der Waals surface area contributed by atoms with Gasteiger partial charge in [-0.2, -0.15) is 0 Å². The second kappa shape index (κ2) is 8.62. The second-order valence-corrected chi connectivity index (χ2v) is 5.38. The molecular weight excluding hydrogens is 292 g/mol. The van der Waals surface area contributed by atoms with Crippen molar-refractivity contribution in [2.24, 2.45) is 0 Å². The lowest BCUT2D eigenvalue weighted by atomic mass is 10.0. The first kappa shape index (κ1) is 17.4. The zero-order chi connectivity index (χ0) is 15.8. The number of carbonyl (C=O) groups is 1. The van der Waals surface area contributed by atoms with E-state index in [1.807, 2.05) is 0 Å². The Balaban J connectivity index is 2.87. The molecule has 0 saturated heterocycles. The largest absolute Gasteiger partial charge is 0.349 e. The summed E-state index contributed by atoms with van der Waals surface area (Å²) >= 11 is 5.96. The van der Waals surface area contributed by atoms with Crippen molar-refractivity contribution >= 4 is 23.2 Å². The molecule has 1 unspecified atom stereocenters. The van der Waals surface area contributed by atoms with Gasteiger partial charge in [-0.15, -0.1) is 0 Å². The van der Waals surface area contributed by atoms with Crippen LogP contribution >= 0.6 is 11.6 Å². The van der Waals surface area contributed by atoms with Gasteiger partial charge in [0, 0.05) is 12.1 Å². The van der Waals surface area contributed by atoms with Crippen molar-refractivity contribution in [2.75, 3.05) is 0 Å². The lowest BCUT2D eigenvalue weighted by Crippen LogP contribution is -2.35. The Morgan fingerprint density at radius 3 is 2.62 bits per heavy atom. The molecule has 1 rings (SSSR count). The quantitative estimate of drug-likeness (QED) is 0.573. The lowest BCUT2D eigenvalue weighted by Gasteiger charge is -2.18. The van der Waals surface area contributed by atoms with Gasteiger partial charge < -0.3 is 5.32 Å². The van der Waals surface area contributed by atoms with Crippen molar-refractivity contribution in [1.29, 1.82) is 0 Å². The van der Waals surface area contributed by atoms with E-state index in [1.165, 1.54) is 18.2 Å². The molecule has 1 N–H and O–H groups in total. The number of hydrogen-bond acceptors (Lipinski definition) is 3. The average Bonchev–Trinajstić information content (AvgIpc) is 2.44. The molecule has 5 nitrogen and oxygen atoms in total. The highest BCUT2D eigenvalue weighted by Gasteiger charge is 2.21. The molecular formula is C15H21ClN2O3. The Morgan fingerprint density at radius 1 is 1.33 bits per heavy atom. The molecule has 1 aromatic rings. The van der Waals surface area contributed by atoms with Gasteiger partial charge in [-0.3, -0.25) is 14.9 Å². The molecule has 21 heavy (non-hydrogen) atoms. The van der Waals surface area contributed by atoms with Gasteiger partial charge in [0.15, 0.2) is 0 Å². The minimum Gasteiger partial charge on any atom is -0.349 e.